The van der Waals surface area contributed by atoms with Crippen molar-refractivity contribution in [2.24, 2.45) is 0 Å². The molecule has 0 aliphatic carbocycles. The van der Waals surface area contributed by atoms with E-state index in [1.54, 1.807) is 23.5 Å². The molecule has 26 heavy (non-hydrogen) atoms. The summed E-state index contributed by atoms with van der Waals surface area (Å²) in [4.78, 5) is 17.9. The molecule has 0 saturated carbocycles. The molecule has 4 rings (SSSR count). The average Bonchev–Trinajstić information content (AvgIpc) is 3.41. The van der Waals surface area contributed by atoms with Gasteiger partial charge < -0.3 is 9.47 Å². The molecule has 134 valence electrons. The Bertz CT molecular complexity index is 853. The highest BCUT2D eigenvalue weighted by Crippen LogP contribution is 2.28. The molecular formula is C19H18N2O3S2. The first-order valence-electron chi connectivity index (χ1n) is 8.43. The molecule has 1 saturated heterocycles. The number of aromatic nitrogens is 1. The number of carbonyl (C=O) groups excluding carboxylic acids is 1. The number of rotatable bonds is 6. The summed E-state index contributed by atoms with van der Waals surface area (Å²) >= 11 is 3.05. The standard InChI is InChI=1S/C19H18N2O3S2/c22-18(21-19-20-16(12-26-19)17-4-2-10-25-17)13-5-7-14(8-6-13)24-11-15-3-1-9-23-15/h2,4-8,10,12,15H,1,3,9,11H2,(H,20,21,22)/t15-/m1/s1. The molecule has 1 amide bonds. The van der Waals surface area contributed by atoms with Crippen LogP contribution in [0.1, 0.15) is 23.2 Å². The maximum Gasteiger partial charge on any atom is 0.257 e. The molecule has 2 aromatic heterocycles. The summed E-state index contributed by atoms with van der Waals surface area (Å²) in [7, 11) is 0. The Kier molecular flexibility index (Phi) is 5.29. The van der Waals surface area contributed by atoms with Gasteiger partial charge in [0, 0.05) is 17.6 Å². The number of thiazole rings is 1. The summed E-state index contributed by atoms with van der Waals surface area (Å²) in [5.41, 5.74) is 1.46. The lowest BCUT2D eigenvalue weighted by atomic mass is 10.2. The van der Waals surface area contributed by atoms with Gasteiger partial charge in [-0.3, -0.25) is 10.1 Å². The van der Waals surface area contributed by atoms with Gasteiger partial charge in [0.1, 0.15) is 12.4 Å². The van der Waals surface area contributed by atoms with Gasteiger partial charge in [0.2, 0.25) is 0 Å². The lowest BCUT2D eigenvalue weighted by Gasteiger charge is -2.11. The summed E-state index contributed by atoms with van der Waals surface area (Å²) in [6, 6.07) is 11.1. The quantitative estimate of drug-likeness (QED) is 0.668. The minimum atomic E-state index is -0.178. The molecule has 0 bridgehead atoms. The lowest BCUT2D eigenvalue weighted by Crippen LogP contribution is -2.16. The lowest BCUT2D eigenvalue weighted by molar-refractivity contribution is 0.0679. The minimum Gasteiger partial charge on any atom is -0.491 e. The smallest absolute Gasteiger partial charge is 0.257 e. The molecule has 1 fully saturated rings. The highest BCUT2D eigenvalue weighted by atomic mass is 32.1. The molecule has 1 aliphatic rings. The number of nitrogens with zero attached hydrogens (tertiary/aromatic N) is 1. The van der Waals surface area contributed by atoms with Crippen LogP contribution in [-0.2, 0) is 4.74 Å². The van der Waals surface area contributed by atoms with Gasteiger partial charge in [0.05, 0.1) is 16.7 Å². The molecule has 3 heterocycles. The van der Waals surface area contributed by atoms with E-state index in [1.165, 1.54) is 11.3 Å². The average molecular weight is 386 g/mol. The second-order valence-electron chi connectivity index (χ2n) is 5.94. The molecule has 1 atom stereocenters. The summed E-state index contributed by atoms with van der Waals surface area (Å²) in [6.45, 7) is 1.37. The zero-order chi connectivity index (χ0) is 17.8. The van der Waals surface area contributed by atoms with Crippen LogP contribution < -0.4 is 10.1 Å². The van der Waals surface area contributed by atoms with Crippen LogP contribution in [0.4, 0.5) is 5.13 Å². The first kappa shape index (κ1) is 17.2. The van der Waals surface area contributed by atoms with Crippen molar-refractivity contribution in [1.82, 2.24) is 4.98 Å². The second-order valence-corrected chi connectivity index (χ2v) is 7.75. The predicted octanol–water partition coefficient (Wildman–Crippen LogP) is 4.68. The van der Waals surface area contributed by atoms with Crippen LogP contribution in [-0.4, -0.2) is 30.2 Å². The summed E-state index contributed by atoms with van der Waals surface area (Å²) in [5, 5.41) is 7.40. The Hall–Kier alpha value is -2.22. The van der Waals surface area contributed by atoms with Crippen molar-refractivity contribution >= 4 is 33.7 Å². The Labute approximate surface area is 159 Å². The van der Waals surface area contributed by atoms with E-state index in [0.717, 1.165) is 35.8 Å². The van der Waals surface area contributed by atoms with Crippen molar-refractivity contribution in [3.8, 4) is 16.3 Å². The van der Waals surface area contributed by atoms with E-state index in [4.69, 9.17) is 9.47 Å². The van der Waals surface area contributed by atoms with E-state index in [-0.39, 0.29) is 12.0 Å². The van der Waals surface area contributed by atoms with E-state index in [0.29, 0.717) is 17.3 Å². The summed E-state index contributed by atoms with van der Waals surface area (Å²) < 4.78 is 11.3. The van der Waals surface area contributed by atoms with Gasteiger partial charge in [0.15, 0.2) is 5.13 Å². The van der Waals surface area contributed by atoms with Crippen LogP contribution >= 0.6 is 22.7 Å². The SMILES string of the molecule is O=C(Nc1nc(-c2cccs2)cs1)c1ccc(OC[C@H]2CCCO2)cc1. The molecule has 7 heteroatoms. The number of hydrogen-bond donors (Lipinski definition) is 1. The normalized spacial score (nSPS) is 16.5. The first-order valence-corrected chi connectivity index (χ1v) is 10.2. The van der Waals surface area contributed by atoms with Crippen molar-refractivity contribution in [2.75, 3.05) is 18.5 Å². The van der Waals surface area contributed by atoms with E-state index in [9.17, 15) is 4.79 Å². The summed E-state index contributed by atoms with van der Waals surface area (Å²) in [5.74, 6) is 0.564. The van der Waals surface area contributed by atoms with Gasteiger partial charge in [-0.1, -0.05) is 6.07 Å². The van der Waals surface area contributed by atoms with Gasteiger partial charge in [-0.15, -0.1) is 22.7 Å². The highest BCUT2D eigenvalue weighted by Gasteiger charge is 2.16. The van der Waals surface area contributed by atoms with E-state index in [1.807, 2.05) is 35.0 Å². The zero-order valence-corrected chi connectivity index (χ0v) is 15.6. The Morgan fingerprint density at radius 1 is 1.27 bits per heavy atom. The van der Waals surface area contributed by atoms with Crippen molar-refractivity contribution < 1.29 is 14.3 Å². The first-order chi connectivity index (χ1) is 12.8. The molecule has 1 aliphatic heterocycles. The van der Waals surface area contributed by atoms with Crippen LogP contribution in [0.25, 0.3) is 10.6 Å². The van der Waals surface area contributed by atoms with Gasteiger partial charge in [0.25, 0.3) is 5.91 Å². The van der Waals surface area contributed by atoms with Gasteiger partial charge in [-0.2, -0.15) is 0 Å². The predicted molar refractivity (Wildman–Crippen MR) is 104 cm³/mol. The van der Waals surface area contributed by atoms with E-state index in [2.05, 4.69) is 10.3 Å². The number of amides is 1. The maximum absolute atomic E-state index is 12.4. The monoisotopic (exact) mass is 386 g/mol. The van der Waals surface area contributed by atoms with Crippen molar-refractivity contribution in [3.63, 3.8) is 0 Å². The molecule has 0 unspecified atom stereocenters. The number of benzene rings is 1. The van der Waals surface area contributed by atoms with Gasteiger partial charge in [-0.25, -0.2) is 4.98 Å². The number of thiophene rings is 1. The fourth-order valence-corrected chi connectivity index (χ4v) is 4.17. The Morgan fingerprint density at radius 3 is 2.88 bits per heavy atom. The van der Waals surface area contributed by atoms with Crippen LogP contribution in [0.2, 0.25) is 0 Å². The topological polar surface area (TPSA) is 60.5 Å². The number of nitrogens with one attached hydrogen (secondary N) is 1. The Morgan fingerprint density at radius 2 is 2.15 bits per heavy atom. The third kappa shape index (κ3) is 4.12. The fourth-order valence-electron chi connectivity index (χ4n) is 2.71. The highest BCUT2D eigenvalue weighted by molar-refractivity contribution is 7.16. The van der Waals surface area contributed by atoms with Gasteiger partial charge in [-0.05, 0) is 48.6 Å². The van der Waals surface area contributed by atoms with Gasteiger partial charge >= 0.3 is 0 Å². The number of anilines is 1. The third-order valence-electron chi connectivity index (χ3n) is 4.07. The third-order valence-corrected chi connectivity index (χ3v) is 5.72. The van der Waals surface area contributed by atoms with Crippen LogP contribution in [0.3, 0.4) is 0 Å². The van der Waals surface area contributed by atoms with Crippen molar-refractivity contribution in [1.29, 1.82) is 0 Å². The van der Waals surface area contributed by atoms with Crippen molar-refractivity contribution in [2.45, 2.75) is 18.9 Å². The second kappa shape index (κ2) is 7.99. The fraction of sp³-hybridized carbons (Fsp3) is 0.263. The summed E-state index contributed by atoms with van der Waals surface area (Å²) in [6.07, 6.45) is 2.32. The molecular weight excluding hydrogens is 368 g/mol. The molecule has 0 radical (unpaired) electrons. The minimum absolute atomic E-state index is 0.178. The van der Waals surface area contributed by atoms with Crippen LogP contribution in [0, 0.1) is 0 Å². The number of hydrogen-bond acceptors (Lipinski definition) is 6. The largest absolute Gasteiger partial charge is 0.491 e. The molecule has 0 spiro atoms. The van der Waals surface area contributed by atoms with Crippen LogP contribution in [0.5, 0.6) is 5.75 Å². The number of ether oxygens (including phenoxy) is 2. The molecule has 1 aromatic carbocycles. The van der Waals surface area contributed by atoms with Crippen molar-refractivity contribution in [3.05, 3.63) is 52.7 Å². The molecule has 1 N–H and O–H groups in total. The maximum atomic E-state index is 12.4. The van der Waals surface area contributed by atoms with E-state index < -0.39 is 0 Å². The zero-order valence-electron chi connectivity index (χ0n) is 14.0. The Balaban J connectivity index is 1.34. The molecule has 3 aromatic rings. The number of carbonyl (C=O) groups is 1. The molecule has 5 nitrogen and oxygen atoms in total. The van der Waals surface area contributed by atoms with E-state index >= 15 is 0 Å². The van der Waals surface area contributed by atoms with Crippen LogP contribution in [0.15, 0.2) is 47.2 Å².